The number of rotatable bonds is 6. The first-order valence-corrected chi connectivity index (χ1v) is 7.07. The maximum Gasteiger partial charge on any atom is 0.391 e. The Kier molecular flexibility index (Phi) is 5.90. The van der Waals surface area contributed by atoms with Crippen molar-refractivity contribution < 1.29 is 17.9 Å². The first-order valence-electron chi connectivity index (χ1n) is 7.07. The van der Waals surface area contributed by atoms with Crippen molar-refractivity contribution in [3.8, 4) is 5.75 Å². The molecule has 0 fully saturated rings. The van der Waals surface area contributed by atoms with Crippen molar-refractivity contribution >= 4 is 0 Å². The summed E-state index contributed by atoms with van der Waals surface area (Å²) < 4.78 is 43.6. The summed E-state index contributed by atoms with van der Waals surface area (Å²) in [5.74, 6) is -0.608. The zero-order chi connectivity index (χ0) is 15.3. The monoisotopic (exact) mass is 288 g/mol. The molecule has 0 heterocycles. The predicted octanol–water partition coefficient (Wildman–Crippen LogP) is 5.34. The van der Waals surface area contributed by atoms with Crippen molar-refractivity contribution in [1.29, 1.82) is 0 Å². The van der Waals surface area contributed by atoms with Gasteiger partial charge in [0.05, 0.1) is 13.0 Å². The molecule has 0 bridgehead atoms. The summed E-state index contributed by atoms with van der Waals surface area (Å²) in [6.07, 6.45) is -2.55. The first-order chi connectivity index (χ1) is 9.35. The van der Waals surface area contributed by atoms with Crippen LogP contribution in [0.1, 0.15) is 50.7 Å². The van der Waals surface area contributed by atoms with Crippen molar-refractivity contribution in [2.75, 3.05) is 7.11 Å². The van der Waals surface area contributed by atoms with E-state index in [0.717, 1.165) is 23.3 Å². The quantitative estimate of drug-likeness (QED) is 0.686. The molecule has 0 aromatic heterocycles. The van der Waals surface area contributed by atoms with Gasteiger partial charge in [-0.15, -0.1) is 0 Å². The molecular weight excluding hydrogens is 265 g/mol. The van der Waals surface area contributed by atoms with Crippen LogP contribution >= 0.6 is 0 Å². The van der Waals surface area contributed by atoms with Crippen LogP contribution in [0.4, 0.5) is 13.2 Å². The average molecular weight is 288 g/mol. The van der Waals surface area contributed by atoms with Gasteiger partial charge in [-0.1, -0.05) is 32.9 Å². The second-order valence-electron chi connectivity index (χ2n) is 5.17. The van der Waals surface area contributed by atoms with E-state index >= 15 is 0 Å². The molecule has 1 aromatic rings. The predicted molar refractivity (Wildman–Crippen MR) is 75.2 cm³/mol. The Balaban J connectivity index is 3.07. The van der Waals surface area contributed by atoms with Gasteiger partial charge >= 0.3 is 6.18 Å². The molecule has 1 nitrogen and oxygen atoms in total. The normalized spacial score (nSPS) is 14.9. The number of hydrogen-bond acceptors (Lipinski definition) is 1. The Bertz CT molecular complexity index is 426. The highest BCUT2D eigenvalue weighted by Gasteiger charge is 2.37. The van der Waals surface area contributed by atoms with Crippen LogP contribution in [0.25, 0.3) is 0 Å². The SMILES string of the molecule is CCc1c(OC)cccc1C(CC)CC(C)C(F)(F)F. The molecular formula is C16H23F3O. The number of benzene rings is 1. The van der Waals surface area contributed by atoms with Gasteiger partial charge in [0.1, 0.15) is 5.75 Å². The maximum absolute atomic E-state index is 12.8. The zero-order valence-corrected chi connectivity index (χ0v) is 12.6. The lowest BCUT2D eigenvalue weighted by atomic mass is 9.84. The number of alkyl halides is 3. The minimum Gasteiger partial charge on any atom is -0.496 e. The van der Waals surface area contributed by atoms with Crippen LogP contribution in [0, 0.1) is 5.92 Å². The lowest BCUT2D eigenvalue weighted by Crippen LogP contribution is -2.22. The van der Waals surface area contributed by atoms with Crippen molar-refractivity contribution in [3.05, 3.63) is 29.3 Å². The van der Waals surface area contributed by atoms with E-state index in [0.29, 0.717) is 6.42 Å². The van der Waals surface area contributed by atoms with Crippen LogP contribution in [0.5, 0.6) is 5.75 Å². The molecule has 1 rings (SSSR count). The van der Waals surface area contributed by atoms with E-state index in [4.69, 9.17) is 4.74 Å². The van der Waals surface area contributed by atoms with Gasteiger partial charge in [0.2, 0.25) is 0 Å². The third-order valence-corrected chi connectivity index (χ3v) is 3.87. The number of ether oxygens (including phenoxy) is 1. The molecule has 0 N–H and O–H groups in total. The third kappa shape index (κ3) is 3.90. The summed E-state index contributed by atoms with van der Waals surface area (Å²) in [5, 5.41) is 0. The Morgan fingerprint density at radius 2 is 1.85 bits per heavy atom. The van der Waals surface area contributed by atoms with Crippen LogP contribution in [0.2, 0.25) is 0 Å². The van der Waals surface area contributed by atoms with E-state index in [1.165, 1.54) is 6.92 Å². The van der Waals surface area contributed by atoms with Crippen LogP contribution < -0.4 is 4.74 Å². The molecule has 0 spiro atoms. The lowest BCUT2D eigenvalue weighted by molar-refractivity contribution is -0.172. The van der Waals surface area contributed by atoms with Crippen molar-refractivity contribution in [1.82, 2.24) is 0 Å². The Labute approximate surface area is 119 Å². The Morgan fingerprint density at radius 3 is 2.30 bits per heavy atom. The van der Waals surface area contributed by atoms with Crippen LogP contribution in [-0.4, -0.2) is 13.3 Å². The molecule has 0 aliphatic rings. The standard InChI is InChI=1S/C16H23F3O/c1-5-12(10-11(3)16(17,18)19)14-8-7-9-15(20-4)13(14)6-2/h7-9,11-12H,5-6,10H2,1-4H3. The van der Waals surface area contributed by atoms with Gasteiger partial charge in [0.25, 0.3) is 0 Å². The van der Waals surface area contributed by atoms with Crippen LogP contribution in [0.3, 0.4) is 0 Å². The van der Waals surface area contributed by atoms with Gasteiger partial charge in [-0.25, -0.2) is 0 Å². The molecule has 0 aliphatic carbocycles. The first kappa shape index (κ1) is 16.9. The van der Waals surface area contributed by atoms with E-state index in [2.05, 4.69) is 0 Å². The number of methoxy groups -OCH3 is 1. The highest BCUT2D eigenvalue weighted by molar-refractivity contribution is 5.42. The molecule has 0 saturated carbocycles. The Hall–Kier alpha value is -1.19. The Morgan fingerprint density at radius 1 is 1.20 bits per heavy atom. The average Bonchev–Trinajstić information content (AvgIpc) is 2.42. The van der Waals surface area contributed by atoms with Gasteiger partial charge < -0.3 is 4.74 Å². The van der Waals surface area contributed by atoms with Crippen LogP contribution in [0.15, 0.2) is 18.2 Å². The summed E-state index contributed by atoms with van der Waals surface area (Å²) in [5.41, 5.74) is 2.02. The molecule has 2 atom stereocenters. The smallest absolute Gasteiger partial charge is 0.391 e. The second kappa shape index (κ2) is 7.00. The zero-order valence-electron chi connectivity index (χ0n) is 12.6. The molecule has 4 heteroatoms. The van der Waals surface area contributed by atoms with E-state index in [1.54, 1.807) is 7.11 Å². The second-order valence-corrected chi connectivity index (χ2v) is 5.17. The van der Waals surface area contributed by atoms with E-state index in [1.807, 2.05) is 32.0 Å². The highest BCUT2D eigenvalue weighted by atomic mass is 19.4. The minimum atomic E-state index is -4.13. The molecule has 0 aliphatic heterocycles. The van der Waals surface area contributed by atoms with E-state index < -0.39 is 12.1 Å². The van der Waals surface area contributed by atoms with Gasteiger partial charge in [-0.3, -0.25) is 0 Å². The summed E-state index contributed by atoms with van der Waals surface area (Å²) >= 11 is 0. The molecule has 0 saturated heterocycles. The highest BCUT2D eigenvalue weighted by Crippen LogP contribution is 2.38. The third-order valence-electron chi connectivity index (χ3n) is 3.87. The molecule has 1 aromatic carbocycles. The van der Waals surface area contributed by atoms with Crippen molar-refractivity contribution in [2.45, 2.75) is 52.1 Å². The number of hydrogen-bond donors (Lipinski definition) is 0. The summed E-state index contributed by atoms with van der Waals surface area (Å²) in [6, 6.07) is 5.65. The summed E-state index contributed by atoms with van der Waals surface area (Å²) in [4.78, 5) is 0. The van der Waals surface area contributed by atoms with Crippen molar-refractivity contribution in [3.63, 3.8) is 0 Å². The number of halogens is 3. The lowest BCUT2D eigenvalue weighted by Gasteiger charge is -2.24. The van der Waals surface area contributed by atoms with Crippen LogP contribution in [-0.2, 0) is 6.42 Å². The minimum absolute atomic E-state index is 0.0864. The summed E-state index contributed by atoms with van der Waals surface area (Å²) in [7, 11) is 1.59. The summed E-state index contributed by atoms with van der Waals surface area (Å²) in [6.45, 7) is 5.20. The molecule has 20 heavy (non-hydrogen) atoms. The van der Waals surface area contributed by atoms with Gasteiger partial charge in [-0.2, -0.15) is 13.2 Å². The molecule has 0 amide bonds. The van der Waals surface area contributed by atoms with Gasteiger partial charge in [0.15, 0.2) is 0 Å². The van der Waals surface area contributed by atoms with E-state index in [-0.39, 0.29) is 12.3 Å². The maximum atomic E-state index is 12.8. The molecule has 0 radical (unpaired) electrons. The fraction of sp³-hybridized carbons (Fsp3) is 0.625. The fourth-order valence-electron chi connectivity index (χ4n) is 2.61. The topological polar surface area (TPSA) is 9.23 Å². The molecule has 2 unspecified atom stereocenters. The van der Waals surface area contributed by atoms with E-state index in [9.17, 15) is 13.2 Å². The van der Waals surface area contributed by atoms with Gasteiger partial charge in [0, 0.05) is 0 Å². The fourth-order valence-corrected chi connectivity index (χ4v) is 2.61. The molecule has 114 valence electrons. The largest absolute Gasteiger partial charge is 0.496 e. The van der Waals surface area contributed by atoms with Gasteiger partial charge in [-0.05, 0) is 42.4 Å². The van der Waals surface area contributed by atoms with Crippen molar-refractivity contribution in [2.24, 2.45) is 5.92 Å².